The van der Waals surface area contributed by atoms with Gasteiger partial charge in [0.25, 0.3) is 0 Å². The van der Waals surface area contributed by atoms with Gasteiger partial charge in [0.05, 0.1) is 27.9 Å². The lowest BCUT2D eigenvalue weighted by Gasteiger charge is -2.05. The van der Waals surface area contributed by atoms with E-state index in [1.165, 1.54) is 18.4 Å². The second kappa shape index (κ2) is 5.70. The third-order valence-corrected chi connectivity index (χ3v) is 5.43. The standard InChI is InChI=1S/C16H11BrO4S/c17-12-6-7-15-14(8-12)16(18)11(9-21-15)10-22(19,20)13-4-2-1-3-5-13/h1-9H,10H2. The maximum absolute atomic E-state index is 12.4. The van der Waals surface area contributed by atoms with Gasteiger partial charge in [0, 0.05) is 4.47 Å². The quantitative estimate of drug-likeness (QED) is 0.699. The van der Waals surface area contributed by atoms with Gasteiger partial charge < -0.3 is 4.42 Å². The second-order valence-electron chi connectivity index (χ2n) is 4.80. The van der Waals surface area contributed by atoms with Crippen molar-refractivity contribution in [2.75, 3.05) is 0 Å². The van der Waals surface area contributed by atoms with Crippen molar-refractivity contribution in [1.29, 1.82) is 0 Å². The van der Waals surface area contributed by atoms with Crippen molar-refractivity contribution in [3.8, 4) is 0 Å². The summed E-state index contributed by atoms with van der Waals surface area (Å²) in [7, 11) is -3.59. The van der Waals surface area contributed by atoms with Crippen LogP contribution < -0.4 is 5.43 Å². The van der Waals surface area contributed by atoms with Crippen LogP contribution in [0.3, 0.4) is 0 Å². The molecule has 0 bridgehead atoms. The van der Waals surface area contributed by atoms with Crippen LogP contribution in [-0.2, 0) is 15.6 Å². The van der Waals surface area contributed by atoms with E-state index < -0.39 is 9.84 Å². The van der Waals surface area contributed by atoms with Crippen molar-refractivity contribution >= 4 is 36.7 Å². The average Bonchev–Trinajstić information content (AvgIpc) is 2.51. The van der Waals surface area contributed by atoms with Crippen LogP contribution in [0.4, 0.5) is 0 Å². The Morgan fingerprint density at radius 3 is 2.50 bits per heavy atom. The van der Waals surface area contributed by atoms with E-state index >= 15 is 0 Å². The maximum Gasteiger partial charge on any atom is 0.196 e. The number of halogens is 1. The molecule has 3 rings (SSSR count). The van der Waals surface area contributed by atoms with Gasteiger partial charge in [-0.05, 0) is 30.3 Å². The molecule has 0 saturated carbocycles. The van der Waals surface area contributed by atoms with Gasteiger partial charge in [-0.1, -0.05) is 34.1 Å². The molecule has 2 aromatic carbocycles. The summed E-state index contributed by atoms with van der Waals surface area (Å²) >= 11 is 3.29. The van der Waals surface area contributed by atoms with E-state index in [1.807, 2.05) is 0 Å². The topological polar surface area (TPSA) is 64.3 Å². The summed E-state index contributed by atoms with van der Waals surface area (Å²) in [6.07, 6.45) is 1.22. The summed E-state index contributed by atoms with van der Waals surface area (Å²) in [4.78, 5) is 12.6. The first kappa shape index (κ1) is 15.0. The van der Waals surface area contributed by atoms with Gasteiger partial charge in [-0.25, -0.2) is 8.42 Å². The fraction of sp³-hybridized carbons (Fsp3) is 0.0625. The van der Waals surface area contributed by atoms with Crippen molar-refractivity contribution in [3.05, 3.63) is 75.1 Å². The lowest BCUT2D eigenvalue weighted by Crippen LogP contribution is -2.14. The highest BCUT2D eigenvalue weighted by Crippen LogP contribution is 2.20. The molecule has 6 heteroatoms. The minimum atomic E-state index is -3.59. The Bertz CT molecular complexity index is 992. The van der Waals surface area contributed by atoms with Gasteiger partial charge >= 0.3 is 0 Å². The molecule has 0 amide bonds. The van der Waals surface area contributed by atoms with Crippen molar-refractivity contribution in [2.24, 2.45) is 0 Å². The van der Waals surface area contributed by atoms with E-state index in [9.17, 15) is 13.2 Å². The van der Waals surface area contributed by atoms with E-state index in [-0.39, 0.29) is 21.6 Å². The van der Waals surface area contributed by atoms with Crippen molar-refractivity contribution < 1.29 is 12.8 Å². The predicted molar refractivity (Wildman–Crippen MR) is 87.5 cm³/mol. The molecule has 3 aromatic rings. The van der Waals surface area contributed by atoms with Crippen LogP contribution in [0.15, 0.2) is 73.4 Å². The summed E-state index contributed by atoms with van der Waals surface area (Å²) in [5.41, 5.74) is 0.213. The van der Waals surface area contributed by atoms with Gasteiger partial charge in [0.1, 0.15) is 5.58 Å². The first-order valence-corrected chi connectivity index (χ1v) is 8.90. The van der Waals surface area contributed by atoms with Gasteiger partial charge in [-0.15, -0.1) is 0 Å². The van der Waals surface area contributed by atoms with Gasteiger partial charge in [-0.3, -0.25) is 4.79 Å². The summed E-state index contributed by atoms with van der Waals surface area (Å²) in [6, 6.07) is 13.1. The highest BCUT2D eigenvalue weighted by atomic mass is 79.9. The molecule has 0 fully saturated rings. The third-order valence-electron chi connectivity index (χ3n) is 3.25. The van der Waals surface area contributed by atoms with E-state index in [4.69, 9.17) is 4.42 Å². The van der Waals surface area contributed by atoms with E-state index in [0.717, 1.165) is 4.47 Å². The molecule has 22 heavy (non-hydrogen) atoms. The van der Waals surface area contributed by atoms with E-state index in [1.54, 1.807) is 36.4 Å². The molecular weight excluding hydrogens is 368 g/mol. The minimum absolute atomic E-state index is 0.120. The molecule has 0 N–H and O–H groups in total. The highest BCUT2D eigenvalue weighted by Gasteiger charge is 2.18. The fourth-order valence-electron chi connectivity index (χ4n) is 2.16. The minimum Gasteiger partial charge on any atom is -0.464 e. The SMILES string of the molecule is O=c1c(CS(=O)(=O)c2ccccc2)coc2ccc(Br)cc12. The number of hydrogen-bond donors (Lipinski definition) is 0. The molecule has 0 radical (unpaired) electrons. The summed E-state index contributed by atoms with van der Waals surface area (Å²) < 4.78 is 30.8. The molecule has 0 aliphatic heterocycles. The van der Waals surface area contributed by atoms with Crippen LogP contribution in [0, 0.1) is 0 Å². The molecule has 0 spiro atoms. The smallest absolute Gasteiger partial charge is 0.196 e. The Kier molecular flexibility index (Phi) is 3.88. The van der Waals surface area contributed by atoms with Crippen molar-refractivity contribution in [3.63, 3.8) is 0 Å². The molecule has 0 saturated heterocycles. The van der Waals surface area contributed by atoms with Crippen molar-refractivity contribution in [2.45, 2.75) is 10.6 Å². The molecule has 0 aliphatic rings. The lowest BCUT2D eigenvalue weighted by atomic mass is 10.2. The highest BCUT2D eigenvalue weighted by molar-refractivity contribution is 9.10. The van der Waals surface area contributed by atoms with Crippen LogP contribution in [0.5, 0.6) is 0 Å². The molecule has 1 aromatic heterocycles. The fourth-order valence-corrected chi connectivity index (χ4v) is 3.87. The van der Waals surface area contributed by atoms with Crippen LogP contribution in [0.1, 0.15) is 5.56 Å². The molecule has 112 valence electrons. The zero-order valence-corrected chi connectivity index (χ0v) is 13.7. The number of rotatable bonds is 3. The van der Waals surface area contributed by atoms with E-state index in [0.29, 0.717) is 11.0 Å². The molecule has 0 unspecified atom stereocenters. The first-order valence-electron chi connectivity index (χ1n) is 6.45. The summed E-state index contributed by atoms with van der Waals surface area (Å²) in [6.45, 7) is 0. The monoisotopic (exact) mass is 378 g/mol. The maximum atomic E-state index is 12.4. The molecule has 0 aliphatic carbocycles. The number of hydrogen-bond acceptors (Lipinski definition) is 4. The number of sulfone groups is 1. The molecule has 0 atom stereocenters. The normalized spacial score (nSPS) is 11.7. The first-order chi connectivity index (χ1) is 10.5. The van der Waals surface area contributed by atoms with Crippen LogP contribution in [-0.4, -0.2) is 8.42 Å². The molecule has 1 heterocycles. The Morgan fingerprint density at radius 1 is 1.05 bits per heavy atom. The van der Waals surface area contributed by atoms with Gasteiger partial charge in [0.15, 0.2) is 15.3 Å². The van der Waals surface area contributed by atoms with Crippen LogP contribution in [0.25, 0.3) is 11.0 Å². The Hall–Kier alpha value is -1.92. The van der Waals surface area contributed by atoms with Gasteiger partial charge in [-0.2, -0.15) is 0 Å². The lowest BCUT2D eigenvalue weighted by molar-refractivity contribution is 0.583. The Labute approximate surface area is 135 Å². The number of fused-ring (bicyclic) bond motifs is 1. The zero-order valence-electron chi connectivity index (χ0n) is 11.3. The molecular formula is C16H11BrO4S. The Balaban J connectivity index is 2.08. The van der Waals surface area contributed by atoms with Gasteiger partial charge in [0.2, 0.25) is 0 Å². The third kappa shape index (κ3) is 2.84. The average molecular weight is 379 g/mol. The summed E-state index contributed by atoms with van der Waals surface area (Å²) in [5.74, 6) is -0.387. The predicted octanol–water partition coefficient (Wildman–Crippen LogP) is 3.53. The molecule has 4 nitrogen and oxygen atoms in total. The van der Waals surface area contributed by atoms with E-state index in [2.05, 4.69) is 15.9 Å². The van der Waals surface area contributed by atoms with Crippen LogP contribution in [0.2, 0.25) is 0 Å². The number of benzene rings is 2. The zero-order chi connectivity index (χ0) is 15.7. The van der Waals surface area contributed by atoms with Crippen molar-refractivity contribution in [1.82, 2.24) is 0 Å². The largest absolute Gasteiger partial charge is 0.464 e. The second-order valence-corrected chi connectivity index (χ2v) is 7.71. The Morgan fingerprint density at radius 2 is 1.77 bits per heavy atom. The summed E-state index contributed by atoms with van der Waals surface area (Å²) in [5, 5.41) is 0.357. The van der Waals surface area contributed by atoms with Crippen LogP contribution >= 0.6 is 15.9 Å².